The van der Waals surface area contributed by atoms with Crippen LogP contribution in [0.4, 0.5) is 0 Å². The third kappa shape index (κ3) is 9.31. The number of carbonyl (C=O) groups excluding carboxylic acids is 2. The van der Waals surface area contributed by atoms with E-state index >= 15 is 0 Å². The summed E-state index contributed by atoms with van der Waals surface area (Å²) in [5.41, 5.74) is 3.58. The van der Waals surface area contributed by atoms with E-state index in [1.165, 1.54) is 37.1 Å². The maximum atomic E-state index is 14.1. The van der Waals surface area contributed by atoms with Crippen molar-refractivity contribution in [3.63, 3.8) is 0 Å². The highest BCUT2D eigenvalue weighted by Crippen LogP contribution is 2.27. The zero-order chi connectivity index (χ0) is 31.9. The molecule has 7 nitrogen and oxygen atoms in total. The van der Waals surface area contributed by atoms with Gasteiger partial charge in [0.05, 0.1) is 0 Å². The van der Waals surface area contributed by atoms with Crippen molar-refractivity contribution in [1.82, 2.24) is 25.3 Å². The van der Waals surface area contributed by atoms with Crippen LogP contribution >= 0.6 is 11.6 Å². The normalized spacial score (nSPS) is 20.9. The molecule has 0 bridgehead atoms. The van der Waals surface area contributed by atoms with Crippen LogP contribution in [0.25, 0.3) is 0 Å². The molecule has 2 amide bonds. The summed E-state index contributed by atoms with van der Waals surface area (Å²) in [6, 6.07) is 17.2. The number of benzene rings is 2. The van der Waals surface area contributed by atoms with Crippen LogP contribution in [0.15, 0.2) is 48.5 Å². The van der Waals surface area contributed by atoms with Gasteiger partial charge in [-0.2, -0.15) is 0 Å². The van der Waals surface area contributed by atoms with Crippen molar-refractivity contribution in [3.8, 4) is 0 Å². The van der Waals surface area contributed by atoms with Gasteiger partial charge in [-0.15, -0.1) is 0 Å². The zero-order valence-corrected chi connectivity index (χ0v) is 28.6. The van der Waals surface area contributed by atoms with Crippen molar-refractivity contribution in [3.05, 3.63) is 70.2 Å². The van der Waals surface area contributed by atoms with E-state index in [2.05, 4.69) is 72.4 Å². The number of nitrogens with one attached hydrogen (secondary N) is 2. The minimum absolute atomic E-state index is 0.0272. The highest BCUT2D eigenvalue weighted by Gasteiger charge is 2.35. The number of carbonyl (C=O) groups is 2. The Balaban J connectivity index is 1.21. The second-order valence-corrected chi connectivity index (χ2v) is 14.6. The predicted molar refractivity (Wildman–Crippen MR) is 183 cm³/mol. The first-order valence-corrected chi connectivity index (χ1v) is 17.7. The molecule has 45 heavy (non-hydrogen) atoms. The topological polar surface area (TPSA) is 67.9 Å². The van der Waals surface area contributed by atoms with Gasteiger partial charge in [-0.3, -0.25) is 14.5 Å². The van der Waals surface area contributed by atoms with Crippen LogP contribution in [0.2, 0.25) is 5.02 Å². The number of amides is 2. The van der Waals surface area contributed by atoms with E-state index in [9.17, 15) is 9.59 Å². The molecule has 0 saturated carbocycles. The Hall–Kier alpha value is -2.45. The van der Waals surface area contributed by atoms with Crippen LogP contribution in [0.1, 0.15) is 76.5 Å². The van der Waals surface area contributed by atoms with Crippen LogP contribution in [0.5, 0.6) is 0 Å². The van der Waals surface area contributed by atoms with E-state index in [1.807, 2.05) is 29.2 Å². The quantitative estimate of drug-likeness (QED) is 0.351. The van der Waals surface area contributed by atoms with Crippen LogP contribution < -0.4 is 10.6 Å². The Kier molecular flexibility index (Phi) is 12.0. The first-order valence-electron chi connectivity index (χ1n) is 17.3. The molecule has 0 spiro atoms. The maximum Gasteiger partial charge on any atom is 0.245 e. The first kappa shape index (κ1) is 33.9. The largest absolute Gasteiger partial charge is 0.344 e. The lowest BCUT2D eigenvalue weighted by Gasteiger charge is -2.46. The van der Waals surface area contributed by atoms with E-state index in [-0.39, 0.29) is 17.9 Å². The van der Waals surface area contributed by atoms with Crippen molar-refractivity contribution in [1.29, 1.82) is 0 Å². The third-order valence-electron chi connectivity index (χ3n) is 10.1. The molecule has 2 N–H and O–H groups in total. The van der Waals surface area contributed by atoms with E-state index in [1.54, 1.807) is 0 Å². The predicted octanol–water partition coefficient (Wildman–Crippen LogP) is 5.29. The lowest BCUT2D eigenvalue weighted by molar-refractivity contribution is -0.138. The highest BCUT2D eigenvalue weighted by molar-refractivity contribution is 6.30. The second-order valence-electron chi connectivity index (χ2n) is 14.2. The molecule has 3 aliphatic rings. The molecule has 2 atom stereocenters. The van der Waals surface area contributed by atoms with E-state index in [0.717, 1.165) is 51.0 Å². The fourth-order valence-corrected chi connectivity index (χ4v) is 7.71. The smallest absolute Gasteiger partial charge is 0.245 e. The molecule has 2 unspecified atom stereocenters. The van der Waals surface area contributed by atoms with Gasteiger partial charge in [0, 0.05) is 68.2 Å². The number of hydrogen-bond acceptors (Lipinski definition) is 5. The summed E-state index contributed by atoms with van der Waals surface area (Å²) < 4.78 is 0. The average Bonchev–Trinajstić information content (AvgIpc) is 3.04. The number of piperidine rings is 2. The Morgan fingerprint density at radius 2 is 1.53 bits per heavy atom. The third-order valence-corrected chi connectivity index (χ3v) is 10.4. The number of rotatable bonds is 11. The molecule has 2 aromatic rings. The Morgan fingerprint density at radius 1 is 0.911 bits per heavy atom. The van der Waals surface area contributed by atoms with Crippen LogP contribution in [0, 0.1) is 5.92 Å². The van der Waals surface area contributed by atoms with E-state index in [0.29, 0.717) is 41.9 Å². The van der Waals surface area contributed by atoms with Crippen LogP contribution in [-0.2, 0) is 29.0 Å². The van der Waals surface area contributed by atoms with Crippen LogP contribution in [0.3, 0.4) is 0 Å². The van der Waals surface area contributed by atoms with Gasteiger partial charge in [0.15, 0.2) is 0 Å². The zero-order valence-electron chi connectivity index (χ0n) is 27.8. The summed E-state index contributed by atoms with van der Waals surface area (Å²) in [4.78, 5) is 34.8. The van der Waals surface area contributed by atoms with Gasteiger partial charge < -0.3 is 20.4 Å². The summed E-state index contributed by atoms with van der Waals surface area (Å²) in [6.45, 7) is 14.9. The molecule has 5 rings (SSSR count). The Morgan fingerprint density at radius 3 is 2.16 bits per heavy atom. The molecule has 2 fully saturated rings. The Bertz CT molecular complexity index is 1250. The molecule has 3 aliphatic heterocycles. The van der Waals surface area contributed by atoms with E-state index < -0.39 is 6.04 Å². The molecule has 2 saturated heterocycles. The minimum Gasteiger partial charge on any atom is -0.344 e. The summed E-state index contributed by atoms with van der Waals surface area (Å²) in [6.07, 6.45) is 6.03. The highest BCUT2D eigenvalue weighted by atomic mass is 35.5. The van der Waals surface area contributed by atoms with Crippen molar-refractivity contribution in [2.75, 3.05) is 32.7 Å². The molecular formula is C37H54ClN5O2. The summed E-state index contributed by atoms with van der Waals surface area (Å²) in [5.74, 6) is 0.558. The maximum absolute atomic E-state index is 14.1. The van der Waals surface area contributed by atoms with Gasteiger partial charge in [0.2, 0.25) is 11.8 Å². The number of hydrogen-bond donors (Lipinski definition) is 2. The van der Waals surface area contributed by atoms with Crippen LogP contribution in [-0.4, -0.2) is 89.4 Å². The Labute approximate surface area is 276 Å². The van der Waals surface area contributed by atoms with E-state index in [4.69, 9.17) is 11.6 Å². The van der Waals surface area contributed by atoms with Gasteiger partial charge >= 0.3 is 0 Å². The number of likely N-dealkylation sites (tertiary alicyclic amines) is 2. The molecular weight excluding hydrogens is 582 g/mol. The number of nitrogens with zero attached hydrogens (tertiary/aromatic N) is 3. The lowest BCUT2D eigenvalue weighted by Crippen LogP contribution is -2.57. The van der Waals surface area contributed by atoms with Crippen molar-refractivity contribution < 1.29 is 9.59 Å². The van der Waals surface area contributed by atoms with Gasteiger partial charge in [0.25, 0.3) is 0 Å². The molecule has 0 aliphatic carbocycles. The second kappa shape index (κ2) is 15.9. The molecule has 0 radical (unpaired) electrons. The number of fused-ring (bicyclic) bond motifs is 1. The fraction of sp³-hybridized carbons (Fsp3) is 0.622. The minimum atomic E-state index is -0.599. The molecule has 8 heteroatoms. The molecule has 0 aromatic heterocycles. The van der Waals surface area contributed by atoms with Gasteiger partial charge in [0.1, 0.15) is 6.04 Å². The van der Waals surface area contributed by atoms with Crippen molar-refractivity contribution in [2.24, 2.45) is 5.92 Å². The van der Waals surface area contributed by atoms with Gasteiger partial charge in [-0.1, -0.05) is 61.8 Å². The average molecular weight is 636 g/mol. The fourth-order valence-electron chi connectivity index (χ4n) is 7.59. The van der Waals surface area contributed by atoms with Crippen molar-refractivity contribution >= 4 is 23.4 Å². The van der Waals surface area contributed by atoms with Gasteiger partial charge in [-0.05, 0) is 93.8 Å². The SMILES string of the molecule is CC(C)CN(C1CCN(C(=O)C(Cc2ccc(Cl)cc2)NC(=O)CC2Cc3ccccc3CN2)CC1)C1CCN(C(C)C)CC1. The van der Waals surface area contributed by atoms with Crippen molar-refractivity contribution in [2.45, 2.75) is 109 Å². The monoisotopic (exact) mass is 635 g/mol. The first-order chi connectivity index (χ1) is 21.7. The summed E-state index contributed by atoms with van der Waals surface area (Å²) >= 11 is 6.15. The van der Waals surface area contributed by atoms with Gasteiger partial charge in [-0.25, -0.2) is 0 Å². The standard InChI is InChI=1S/C37H54ClN5O2/c1-26(2)25-43(33-13-17-41(18-14-33)27(3)4)34-15-19-42(20-16-34)37(45)35(21-28-9-11-31(38)12-10-28)40-36(44)23-32-22-29-7-5-6-8-30(29)24-39-32/h5-12,26-27,32-35,39H,13-25H2,1-4H3,(H,40,44). The summed E-state index contributed by atoms with van der Waals surface area (Å²) in [5, 5.41) is 7.33. The molecule has 246 valence electrons. The summed E-state index contributed by atoms with van der Waals surface area (Å²) in [7, 11) is 0. The molecule has 2 aromatic carbocycles. The molecule has 3 heterocycles. The number of halogens is 1. The lowest BCUT2D eigenvalue weighted by atomic mass is 9.93.